The number of rotatable bonds is 5. The monoisotopic (exact) mass is 314 g/mol. The van der Waals surface area contributed by atoms with E-state index >= 15 is 0 Å². The summed E-state index contributed by atoms with van der Waals surface area (Å²) in [6, 6.07) is 2.69. The molecule has 0 aliphatic heterocycles. The lowest BCUT2D eigenvalue weighted by atomic mass is 10.1. The molecule has 1 atom stereocenters. The molecule has 1 aromatic carbocycles. The van der Waals surface area contributed by atoms with Gasteiger partial charge in [0, 0.05) is 0 Å². The fraction of sp³-hybridized carbons (Fsp3) is 0.429. The molecule has 2 rings (SSSR count). The van der Waals surface area contributed by atoms with Gasteiger partial charge in [0.1, 0.15) is 5.75 Å². The van der Waals surface area contributed by atoms with Crippen molar-refractivity contribution in [3.8, 4) is 5.75 Å². The van der Waals surface area contributed by atoms with Gasteiger partial charge < -0.3 is 10.8 Å². The summed E-state index contributed by atoms with van der Waals surface area (Å²) in [4.78, 5) is 0. The number of benzene rings is 1. The van der Waals surface area contributed by atoms with E-state index < -0.39 is 17.5 Å². The largest absolute Gasteiger partial charge is 0.508 e. The summed E-state index contributed by atoms with van der Waals surface area (Å²) < 4.78 is 39.6. The van der Waals surface area contributed by atoms with Gasteiger partial charge in [0.15, 0.2) is 0 Å². The van der Waals surface area contributed by atoms with Crippen LogP contribution in [0.15, 0.2) is 24.4 Å². The molecule has 8 heteroatoms. The summed E-state index contributed by atoms with van der Waals surface area (Å²) in [6.07, 6.45) is -1.25. The van der Waals surface area contributed by atoms with Gasteiger partial charge in [0.2, 0.25) is 0 Å². The molecule has 22 heavy (non-hydrogen) atoms. The Kier molecular flexibility index (Phi) is 4.70. The Bertz CT molecular complexity index is 639. The first-order chi connectivity index (χ1) is 10.3. The van der Waals surface area contributed by atoms with Crippen LogP contribution in [0.5, 0.6) is 5.75 Å². The van der Waals surface area contributed by atoms with Crippen molar-refractivity contribution in [3.63, 3.8) is 0 Å². The number of halogens is 3. The molecule has 0 spiro atoms. The van der Waals surface area contributed by atoms with Crippen molar-refractivity contribution in [2.24, 2.45) is 5.73 Å². The molecule has 0 radical (unpaired) electrons. The van der Waals surface area contributed by atoms with Gasteiger partial charge in [-0.1, -0.05) is 18.6 Å². The molecule has 0 amide bonds. The van der Waals surface area contributed by atoms with Crippen molar-refractivity contribution in [1.82, 2.24) is 15.0 Å². The van der Waals surface area contributed by atoms with E-state index in [9.17, 15) is 18.3 Å². The Hall–Kier alpha value is -2.09. The minimum Gasteiger partial charge on any atom is -0.508 e. The predicted octanol–water partition coefficient (Wildman–Crippen LogP) is 2.85. The molecule has 0 fully saturated rings. The smallest absolute Gasteiger partial charge is 0.416 e. The number of nitrogens with two attached hydrogens (primary N) is 1. The molecule has 1 aromatic heterocycles. The van der Waals surface area contributed by atoms with Gasteiger partial charge in [-0.05, 0) is 30.2 Å². The Labute approximate surface area is 125 Å². The first-order valence-corrected chi connectivity index (χ1v) is 6.85. The van der Waals surface area contributed by atoms with Crippen molar-refractivity contribution in [2.75, 3.05) is 0 Å². The Morgan fingerprint density at radius 1 is 1.32 bits per heavy atom. The molecule has 0 saturated heterocycles. The molecule has 2 aromatic rings. The zero-order chi connectivity index (χ0) is 16.3. The van der Waals surface area contributed by atoms with Crippen molar-refractivity contribution in [3.05, 3.63) is 41.2 Å². The van der Waals surface area contributed by atoms with Gasteiger partial charge in [0.25, 0.3) is 0 Å². The van der Waals surface area contributed by atoms with E-state index in [1.165, 1.54) is 10.7 Å². The molecule has 0 aliphatic rings. The van der Waals surface area contributed by atoms with Gasteiger partial charge >= 0.3 is 6.18 Å². The maximum atomic E-state index is 12.7. The number of aromatic hydroxyl groups is 1. The molecule has 5 nitrogen and oxygen atoms in total. The second-order valence-corrected chi connectivity index (χ2v) is 5.12. The van der Waals surface area contributed by atoms with Gasteiger partial charge in [0.05, 0.1) is 30.0 Å². The van der Waals surface area contributed by atoms with E-state index in [1.807, 2.05) is 6.92 Å². The number of phenolic OH excluding ortho intramolecular Hbond substituents is 1. The molecule has 3 N–H and O–H groups in total. The highest BCUT2D eigenvalue weighted by molar-refractivity contribution is 5.35. The van der Waals surface area contributed by atoms with Gasteiger partial charge in [-0.3, -0.25) is 0 Å². The highest BCUT2D eigenvalue weighted by atomic mass is 19.4. The normalized spacial score (nSPS) is 13.3. The van der Waals surface area contributed by atoms with E-state index in [2.05, 4.69) is 10.3 Å². The molecule has 120 valence electrons. The van der Waals surface area contributed by atoms with E-state index in [0.29, 0.717) is 11.8 Å². The van der Waals surface area contributed by atoms with Crippen LogP contribution in [-0.2, 0) is 12.7 Å². The van der Waals surface area contributed by atoms with Crippen molar-refractivity contribution < 1.29 is 18.3 Å². The van der Waals surface area contributed by atoms with Gasteiger partial charge in [-0.15, -0.1) is 5.10 Å². The van der Waals surface area contributed by atoms with Crippen molar-refractivity contribution in [2.45, 2.75) is 38.5 Å². The molecule has 0 saturated carbocycles. The van der Waals surface area contributed by atoms with E-state index in [4.69, 9.17) is 5.73 Å². The third-order valence-electron chi connectivity index (χ3n) is 3.19. The van der Waals surface area contributed by atoms with Crippen LogP contribution in [0.25, 0.3) is 0 Å². The van der Waals surface area contributed by atoms with Crippen molar-refractivity contribution in [1.29, 1.82) is 0 Å². The number of hydrogen-bond acceptors (Lipinski definition) is 4. The molecule has 0 aliphatic carbocycles. The molecule has 0 bridgehead atoms. The van der Waals surface area contributed by atoms with Crippen LogP contribution in [0.4, 0.5) is 13.2 Å². The third kappa shape index (κ3) is 3.97. The topological polar surface area (TPSA) is 77.0 Å². The second kappa shape index (κ2) is 6.35. The lowest BCUT2D eigenvalue weighted by molar-refractivity contribution is -0.137. The molecular formula is C14H17F3N4O. The van der Waals surface area contributed by atoms with Crippen LogP contribution in [0, 0.1) is 0 Å². The van der Waals surface area contributed by atoms with Gasteiger partial charge in [-0.2, -0.15) is 13.2 Å². The highest BCUT2D eigenvalue weighted by Gasteiger charge is 2.31. The number of phenols is 1. The molecular weight excluding hydrogens is 297 g/mol. The Morgan fingerprint density at radius 3 is 2.68 bits per heavy atom. The second-order valence-electron chi connectivity index (χ2n) is 5.12. The van der Waals surface area contributed by atoms with Crippen LogP contribution in [0.2, 0.25) is 0 Å². The lowest BCUT2D eigenvalue weighted by Gasteiger charge is -2.10. The average Bonchev–Trinajstić information content (AvgIpc) is 2.86. The quantitative estimate of drug-likeness (QED) is 0.889. The maximum absolute atomic E-state index is 12.7. The van der Waals surface area contributed by atoms with E-state index in [1.54, 1.807) is 6.20 Å². The average molecular weight is 314 g/mol. The third-order valence-corrected chi connectivity index (χ3v) is 3.19. The van der Waals surface area contributed by atoms with Crippen LogP contribution < -0.4 is 5.73 Å². The first kappa shape index (κ1) is 16.3. The minimum atomic E-state index is -4.51. The van der Waals surface area contributed by atoms with E-state index in [-0.39, 0.29) is 18.2 Å². The van der Waals surface area contributed by atoms with Crippen molar-refractivity contribution >= 4 is 0 Å². The predicted molar refractivity (Wildman–Crippen MR) is 74.1 cm³/mol. The number of aromatic nitrogens is 3. The lowest BCUT2D eigenvalue weighted by Crippen LogP contribution is -2.10. The maximum Gasteiger partial charge on any atom is 0.416 e. The van der Waals surface area contributed by atoms with Crippen LogP contribution in [0.1, 0.15) is 42.6 Å². The van der Waals surface area contributed by atoms with Gasteiger partial charge in [-0.25, -0.2) is 4.68 Å². The standard InChI is InChI=1S/C14H17F3N4O/c1-2-3-12(18)13-8-21(20-19-13)7-9-4-10(14(15,16)17)6-11(22)5-9/h4-6,8,12,22H,2-3,7,18H2,1H3. The summed E-state index contributed by atoms with van der Waals surface area (Å²) in [5.41, 5.74) is 5.90. The van der Waals surface area contributed by atoms with Crippen LogP contribution in [0.3, 0.4) is 0 Å². The zero-order valence-corrected chi connectivity index (χ0v) is 12.0. The first-order valence-electron chi connectivity index (χ1n) is 6.85. The number of hydrogen-bond donors (Lipinski definition) is 2. The van der Waals surface area contributed by atoms with Crippen LogP contribution in [-0.4, -0.2) is 20.1 Å². The Morgan fingerprint density at radius 2 is 2.05 bits per heavy atom. The minimum absolute atomic E-state index is 0.0727. The van der Waals surface area contributed by atoms with Crippen LogP contribution >= 0.6 is 0 Å². The molecule has 1 heterocycles. The highest BCUT2D eigenvalue weighted by Crippen LogP contribution is 2.32. The summed E-state index contributed by atoms with van der Waals surface area (Å²) in [5, 5.41) is 17.2. The summed E-state index contributed by atoms with van der Waals surface area (Å²) in [7, 11) is 0. The summed E-state index contributed by atoms with van der Waals surface area (Å²) in [5.74, 6) is -0.437. The zero-order valence-electron chi connectivity index (χ0n) is 12.0. The SMILES string of the molecule is CCCC(N)c1cn(Cc2cc(O)cc(C(F)(F)F)c2)nn1. The van der Waals surface area contributed by atoms with E-state index in [0.717, 1.165) is 18.9 Å². The summed E-state index contributed by atoms with van der Waals surface area (Å²) in [6.45, 7) is 2.07. The fourth-order valence-corrected chi connectivity index (χ4v) is 2.14. The summed E-state index contributed by atoms with van der Waals surface area (Å²) >= 11 is 0. The Balaban J connectivity index is 2.19. The number of alkyl halides is 3. The number of nitrogens with zero attached hydrogens (tertiary/aromatic N) is 3. The fourth-order valence-electron chi connectivity index (χ4n) is 2.14. The molecule has 1 unspecified atom stereocenters.